The van der Waals surface area contributed by atoms with E-state index in [0.29, 0.717) is 0 Å². The van der Waals surface area contributed by atoms with Crippen LogP contribution in [-0.4, -0.2) is 19.4 Å². The van der Waals surface area contributed by atoms with E-state index >= 15 is 0 Å². The second kappa shape index (κ2) is 5.48. The Kier molecular flexibility index (Phi) is 4.78. The lowest BCUT2D eigenvalue weighted by atomic mass is 10.3. The van der Waals surface area contributed by atoms with E-state index in [2.05, 4.69) is 20.7 Å². The second-order valence-electron chi connectivity index (χ2n) is 3.29. The Balaban J connectivity index is 2.44. The molecular formula is C9H11BrF3NOS. The highest BCUT2D eigenvalue weighted by Gasteiger charge is 2.27. The molecule has 0 aliphatic rings. The molecule has 0 saturated heterocycles. The first-order valence-corrected chi connectivity index (χ1v) is 6.06. The van der Waals surface area contributed by atoms with Gasteiger partial charge in [-0.05, 0) is 28.9 Å². The summed E-state index contributed by atoms with van der Waals surface area (Å²) in [6.45, 7) is 0.514. The van der Waals surface area contributed by atoms with Crippen LogP contribution in [0.4, 0.5) is 13.2 Å². The molecule has 1 unspecified atom stereocenters. The zero-order chi connectivity index (χ0) is 12.3. The summed E-state index contributed by atoms with van der Waals surface area (Å²) in [7, 11) is 0. The summed E-state index contributed by atoms with van der Waals surface area (Å²) >= 11 is 4.77. The normalized spacial score (nSPS) is 14.1. The summed E-state index contributed by atoms with van der Waals surface area (Å²) in [6, 6.07) is 1.29. The Bertz CT molecular complexity index is 334. The fourth-order valence-electron chi connectivity index (χ4n) is 1.05. The molecular weight excluding hydrogens is 307 g/mol. The molecule has 0 fully saturated rings. The summed E-state index contributed by atoms with van der Waals surface area (Å²) in [5.41, 5.74) is 5.70. The molecule has 1 rings (SSSR count). The number of halogens is 4. The zero-order valence-corrected chi connectivity index (χ0v) is 10.9. The van der Waals surface area contributed by atoms with Crippen molar-refractivity contribution in [1.29, 1.82) is 0 Å². The van der Waals surface area contributed by atoms with Crippen molar-refractivity contribution in [3.63, 3.8) is 0 Å². The van der Waals surface area contributed by atoms with Gasteiger partial charge in [0.15, 0.2) is 0 Å². The maximum Gasteiger partial charge on any atom is 0.411 e. The molecule has 16 heavy (non-hydrogen) atoms. The average molecular weight is 318 g/mol. The molecule has 0 saturated carbocycles. The number of thiophene rings is 1. The van der Waals surface area contributed by atoms with Gasteiger partial charge in [0.2, 0.25) is 0 Å². The Morgan fingerprint density at radius 3 is 2.62 bits per heavy atom. The number of nitrogens with two attached hydrogens (primary N) is 1. The Morgan fingerprint density at radius 1 is 1.56 bits per heavy atom. The topological polar surface area (TPSA) is 35.2 Å². The standard InChI is InChI=1S/C9H11BrF3NOS/c1-5-6(10)2-8(16-5)7(14)3-15-4-9(11,12)13/h2,7H,3-4,14H2,1H3. The predicted octanol–water partition coefficient (Wildman–Crippen LogP) is 3.40. The maximum atomic E-state index is 11.8. The molecule has 0 spiro atoms. The van der Waals surface area contributed by atoms with Crippen molar-refractivity contribution < 1.29 is 17.9 Å². The number of rotatable bonds is 4. The molecule has 0 radical (unpaired) electrons. The third kappa shape index (κ3) is 4.40. The van der Waals surface area contributed by atoms with Gasteiger partial charge >= 0.3 is 6.18 Å². The molecule has 1 aromatic heterocycles. The minimum absolute atomic E-state index is 0.133. The molecule has 1 atom stereocenters. The molecule has 2 nitrogen and oxygen atoms in total. The van der Waals surface area contributed by atoms with Crippen molar-refractivity contribution in [1.82, 2.24) is 0 Å². The molecule has 7 heteroatoms. The van der Waals surface area contributed by atoms with Crippen molar-refractivity contribution in [3.05, 3.63) is 20.3 Å². The van der Waals surface area contributed by atoms with E-state index in [1.54, 1.807) is 0 Å². The van der Waals surface area contributed by atoms with Gasteiger partial charge in [-0.15, -0.1) is 11.3 Å². The lowest BCUT2D eigenvalue weighted by Crippen LogP contribution is -2.22. The zero-order valence-electron chi connectivity index (χ0n) is 8.47. The van der Waals surface area contributed by atoms with Gasteiger partial charge in [-0.2, -0.15) is 13.2 Å². The number of hydrogen-bond donors (Lipinski definition) is 1. The van der Waals surface area contributed by atoms with E-state index in [-0.39, 0.29) is 6.61 Å². The van der Waals surface area contributed by atoms with Crippen LogP contribution in [0.2, 0.25) is 0 Å². The highest BCUT2D eigenvalue weighted by molar-refractivity contribution is 9.10. The van der Waals surface area contributed by atoms with Crippen LogP contribution in [-0.2, 0) is 4.74 Å². The van der Waals surface area contributed by atoms with Crippen LogP contribution in [0.3, 0.4) is 0 Å². The van der Waals surface area contributed by atoms with Crippen LogP contribution in [0.25, 0.3) is 0 Å². The fourth-order valence-corrected chi connectivity index (χ4v) is 2.60. The van der Waals surface area contributed by atoms with Gasteiger partial charge in [0.1, 0.15) is 6.61 Å². The first-order chi connectivity index (χ1) is 7.29. The van der Waals surface area contributed by atoms with Gasteiger partial charge in [0.25, 0.3) is 0 Å². The van der Waals surface area contributed by atoms with Gasteiger partial charge in [-0.25, -0.2) is 0 Å². The van der Waals surface area contributed by atoms with Crippen LogP contribution in [0.1, 0.15) is 15.8 Å². The highest BCUT2D eigenvalue weighted by Crippen LogP contribution is 2.30. The number of alkyl halides is 3. The molecule has 0 aliphatic heterocycles. The quantitative estimate of drug-likeness (QED) is 0.923. The molecule has 0 bridgehead atoms. The van der Waals surface area contributed by atoms with Crippen molar-refractivity contribution >= 4 is 27.3 Å². The molecule has 0 aromatic carbocycles. The van der Waals surface area contributed by atoms with Crippen LogP contribution in [0.15, 0.2) is 10.5 Å². The molecule has 0 aliphatic carbocycles. The summed E-state index contributed by atoms with van der Waals surface area (Å²) < 4.78 is 40.8. The predicted molar refractivity (Wildman–Crippen MR) is 60.6 cm³/mol. The number of ether oxygens (including phenoxy) is 1. The molecule has 1 heterocycles. The fraction of sp³-hybridized carbons (Fsp3) is 0.556. The monoisotopic (exact) mass is 317 g/mol. The van der Waals surface area contributed by atoms with E-state index in [1.165, 1.54) is 11.3 Å². The molecule has 2 N–H and O–H groups in total. The number of aryl methyl sites for hydroxylation is 1. The third-order valence-corrected chi connectivity index (χ3v) is 4.07. The molecule has 0 amide bonds. The summed E-state index contributed by atoms with van der Waals surface area (Å²) in [4.78, 5) is 1.85. The van der Waals surface area contributed by atoms with Gasteiger partial charge in [0, 0.05) is 14.2 Å². The summed E-state index contributed by atoms with van der Waals surface area (Å²) in [5.74, 6) is 0. The smallest absolute Gasteiger partial charge is 0.370 e. The van der Waals surface area contributed by atoms with Crippen molar-refractivity contribution in [2.75, 3.05) is 13.2 Å². The van der Waals surface area contributed by atoms with Crippen LogP contribution in [0, 0.1) is 6.92 Å². The molecule has 1 aromatic rings. The lowest BCUT2D eigenvalue weighted by Gasteiger charge is -2.11. The Labute approximate surface area is 104 Å². The highest BCUT2D eigenvalue weighted by atomic mass is 79.9. The van der Waals surface area contributed by atoms with Gasteiger partial charge in [-0.3, -0.25) is 0 Å². The van der Waals surface area contributed by atoms with Crippen LogP contribution >= 0.6 is 27.3 Å². The van der Waals surface area contributed by atoms with Gasteiger partial charge < -0.3 is 10.5 Å². The summed E-state index contributed by atoms with van der Waals surface area (Å²) in [5, 5.41) is 0. The Hall–Kier alpha value is -0.110. The van der Waals surface area contributed by atoms with E-state index in [1.807, 2.05) is 13.0 Å². The first kappa shape index (κ1) is 14.0. The average Bonchev–Trinajstić information content (AvgIpc) is 2.45. The SMILES string of the molecule is Cc1sc(C(N)COCC(F)(F)F)cc1Br. The Morgan fingerprint density at radius 2 is 2.19 bits per heavy atom. The van der Waals surface area contributed by atoms with Crippen molar-refractivity contribution in [2.24, 2.45) is 5.73 Å². The van der Waals surface area contributed by atoms with Crippen LogP contribution in [0.5, 0.6) is 0 Å². The summed E-state index contributed by atoms with van der Waals surface area (Å²) in [6.07, 6.45) is -4.30. The minimum atomic E-state index is -4.30. The second-order valence-corrected chi connectivity index (χ2v) is 5.43. The first-order valence-electron chi connectivity index (χ1n) is 4.45. The largest absolute Gasteiger partial charge is 0.411 e. The van der Waals surface area contributed by atoms with Crippen molar-refractivity contribution in [2.45, 2.75) is 19.1 Å². The van der Waals surface area contributed by atoms with Gasteiger partial charge in [-0.1, -0.05) is 0 Å². The van der Waals surface area contributed by atoms with E-state index < -0.39 is 18.8 Å². The maximum absolute atomic E-state index is 11.8. The van der Waals surface area contributed by atoms with E-state index in [4.69, 9.17) is 5.73 Å². The molecule has 92 valence electrons. The van der Waals surface area contributed by atoms with E-state index in [9.17, 15) is 13.2 Å². The minimum Gasteiger partial charge on any atom is -0.370 e. The van der Waals surface area contributed by atoms with Gasteiger partial charge in [0.05, 0.1) is 12.6 Å². The third-order valence-electron chi connectivity index (χ3n) is 1.80. The van der Waals surface area contributed by atoms with Crippen LogP contribution < -0.4 is 5.73 Å². The van der Waals surface area contributed by atoms with Crippen molar-refractivity contribution in [3.8, 4) is 0 Å². The lowest BCUT2D eigenvalue weighted by molar-refractivity contribution is -0.174. The van der Waals surface area contributed by atoms with E-state index in [0.717, 1.165) is 14.2 Å². The number of hydrogen-bond acceptors (Lipinski definition) is 3.